The minimum Gasteiger partial charge on any atom is -0.508 e. The van der Waals surface area contributed by atoms with Crippen molar-refractivity contribution in [1.82, 2.24) is 30.7 Å². The summed E-state index contributed by atoms with van der Waals surface area (Å²) in [4.78, 5) is 12.6. The molecule has 146 valence electrons. The monoisotopic (exact) mass is 384 g/mol. The molecule has 0 aliphatic heterocycles. The second kappa shape index (κ2) is 8.29. The number of nitrogens with two attached hydrogens (primary N) is 1. The van der Waals surface area contributed by atoms with E-state index in [-0.39, 0.29) is 23.1 Å². The largest absolute Gasteiger partial charge is 0.508 e. The molecule has 1 aromatic carbocycles. The van der Waals surface area contributed by atoms with E-state index in [4.69, 9.17) is 5.73 Å². The van der Waals surface area contributed by atoms with Gasteiger partial charge in [-0.25, -0.2) is 10.1 Å². The number of phenolic OH excluding ortho intramolecular Hbond substituents is 1. The fourth-order valence-corrected chi connectivity index (χ4v) is 2.62. The first-order chi connectivity index (χ1) is 13.5. The summed E-state index contributed by atoms with van der Waals surface area (Å²) in [5.74, 6) is -0.121. The van der Waals surface area contributed by atoms with Gasteiger partial charge in [-0.05, 0) is 53.0 Å². The average Bonchev–Trinajstić information content (AvgIpc) is 3.29. The Balaban J connectivity index is 1.87. The maximum Gasteiger partial charge on any atom is 0.293 e. The molecule has 3 aromatic rings. The van der Waals surface area contributed by atoms with Crippen molar-refractivity contribution in [3.8, 4) is 11.6 Å². The van der Waals surface area contributed by atoms with Crippen molar-refractivity contribution in [3.05, 3.63) is 41.2 Å². The number of amides is 1. The topological polar surface area (TPSA) is 157 Å². The van der Waals surface area contributed by atoms with Crippen LogP contribution in [0.5, 0.6) is 5.75 Å². The molecule has 0 bridgehead atoms. The Morgan fingerprint density at radius 2 is 2.04 bits per heavy atom. The van der Waals surface area contributed by atoms with E-state index in [1.165, 1.54) is 4.68 Å². The lowest BCUT2D eigenvalue weighted by atomic mass is 10.1. The number of rotatable bonds is 7. The zero-order valence-electron chi connectivity index (χ0n) is 15.5. The summed E-state index contributed by atoms with van der Waals surface area (Å²) < 4.78 is 5.94. The number of nitrogens with one attached hydrogen (secondary N) is 1. The lowest BCUT2D eigenvalue weighted by Gasteiger charge is -2.06. The van der Waals surface area contributed by atoms with Crippen molar-refractivity contribution in [3.63, 3.8) is 0 Å². The Morgan fingerprint density at radius 3 is 2.64 bits per heavy atom. The highest BCUT2D eigenvalue weighted by Crippen LogP contribution is 2.17. The van der Waals surface area contributed by atoms with Gasteiger partial charge >= 0.3 is 0 Å². The number of nitrogens with zero attached hydrogens (tertiary/aromatic N) is 6. The molecule has 0 saturated carbocycles. The Morgan fingerprint density at radius 1 is 1.29 bits per heavy atom. The number of carbonyl (C=O) groups is 1. The average molecular weight is 384 g/mol. The van der Waals surface area contributed by atoms with Gasteiger partial charge < -0.3 is 10.8 Å². The molecule has 0 fully saturated rings. The Kier molecular flexibility index (Phi) is 5.63. The highest BCUT2D eigenvalue weighted by Gasteiger charge is 2.23. The van der Waals surface area contributed by atoms with E-state index in [9.17, 15) is 9.90 Å². The summed E-state index contributed by atoms with van der Waals surface area (Å²) in [6, 6.07) is 6.57. The lowest BCUT2D eigenvalue weighted by Crippen LogP contribution is -2.22. The maximum atomic E-state index is 12.6. The number of aromatic hydroxyl groups is 1. The molecule has 0 atom stereocenters. The van der Waals surface area contributed by atoms with Gasteiger partial charge in [-0.2, -0.15) is 9.78 Å². The van der Waals surface area contributed by atoms with Crippen molar-refractivity contribution in [2.24, 2.45) is 5.10 Å². The molecule has 28 heavy (non-hydrogen) atoms. The molecule has 0 radical (unpaired) electrons. The number of hydrazone groups is 1. The van der Waals surface area contributed by atoms with Crippen LogP contribution in [0.3, 0.4) is 0 Å². The summed E-state index contributed by atoms with van der Waals surface area (Å²) in [6.45, 7) is 3.87. The van der Waals surface area contributed by atoms with Crippen LogP contribution < -0.4 is 11.2 Å². The number of phenols is 1. The first kappa shape index (κ1) is 19.0. The summed E-state index contributed by atoms with van der Waals surface area (Å²) in [6.07, 6.45) is 1.85. The van der Waals surface area contributed by atoms with Crippen LogP contribution in [0.4, 0.5) is 5.82 Å². The van der Waals surface area contributed by atoms with Gasteiger partial charge in [0, 0.05) is 0 Å². The summed E-state index contributed by atoms with van der Waals surface area (Å²) >= 11 is 0. The number of benzene rings is 1. The third-order valence-corrected chi connectivity index (χ3v) is 3.99. The molecule has 1 amide bonds. The molecule has 11 heteroatoms. The number of aromatic nitrogens is 5. The predicted octanol–water partition coefficient (Wildman–Crippen LogP) is 1.43. The second-order valence-electron chi connectivity index (χ2n) is 5.92. The van der Waals surface area contributed by atoms with Crippen molar-refractivity contribution < 1.29 is 14.5 Å². The highest BCUT2D eigenvalue weighted by atomic mass is 16.6. The van der Waals surface area contributed by atoms with Crippen LogP contribution in [0.1, 0.15) is 48.4 Å². The fourth-order valence-electron chi connectivity index (χ4n) is 2.62. The van der Waals surface area contributed by atoms with Crippen molar-refractivity contribution in [2.45, 2.75) is 33.1 Å². The molecule has 0 spiro atoms. The van der Waals surface area contributed by atoms with Crippen LogP contribution in [0.2, 0.25) is 0 Å². The molecule has 0 saturated heterocycles. The van der Waals surface area contributed by atoms with Crippen LogP contribution in [0.25, 0.3) is 5.82 Å². The van der Waals surface area contributed by atoms with Gasteiger partial charge in [-0.1, -0.05) is 25.5 Å². The SMILES string of the molecule is CCCc1c(C(=O)NN=C(CC)c2ccc(O)cc2)nnn1-c1nonc1N. The van der Waals surface area contributed by atoms with E-state index in [1.54, 1.807) is 24.3 Å². The van der Waals surface area contributed by atoms with Crippen LogP contribution in [-0.2, 0) is 6.42 Å². The molecule has 3 rings (SSSR count). The predicted molar refractivity (Wildman–Crippen MR) is 100 cm³/mol. The van der Waals surface area contributed by atoms with Crippen LogP contribution >= 0.6 is 0 Å². The third kappa shape index (κ3) is 3.82. The van der Waals surface area contributed by atoms with Crippen molar-refractivity contribution in [2.75, 3.05) is 5.73 Å². The molecule has 0 aliphatic carbocycles. The van der Waals surface area contributed by atoms with Crippen LogP contribution in [-0.4, -0.2) is 42.0 Å². The standard InChI is InChI=1S/C17H20N8O3/c1-3-5-13-14(20-24-25(13)16-15(18)22-28-23-16)17(27)21-19-12(4-2)10-6-8-11(26)9-7-10/h6-9,26H,3-5H2,1-2H3,(H2,18,22)(H,21,27). The summed E-state index contributed by atoms with van der Waals surface area (Å²) in [7, 11) is 0. The molecule has 2 aromatic heterocycles. The van der Waals surface area contributed by atoms with E-state index < -0.39 is 5.91 Å². The summed E-state index contributed by atoms with van der Waals surface area (Å²) in [5, 5.41) is 28.7. The molecular weight excluding hydrogens is 364 g/mol. The molecular formula is C17H20N8O3. The Hall–Kier alpha value is -3.76. The number of anilines is 1. The number of nitrogen functional groups attached to an aromatic ring is 1. The lowest BCUT2D eigenvalue weighted by molar-refractivity contribution is 0.0948. The first-order valence-corrected chi connectivity index (χ1v) is 8.74. The zero-order chi connectivity index (χ0) is 20.1. The minimum absolute atomic E-state index is 0.0489. The van der Waals surface area contributed by atoms with Gasteiger partial charge in [-0.3, -0.25) is 4.79 Å². The van der Waals surface area contributed by atoms with E-state index in [2.05, 4.69) is 35.8 Å². The van der Waals surface area contributed by atoms with E-state index in [1.807, 2.05) is 13.8 Å². The number of hydrogen-bond acceptors (Lipinski definition) is 9. The van der Waals surface area contributed by atoms with E-state index >= 15 is 0 Å². The van der Waals surface area contributed by atoms with Gasteiger partial charge in [0.05, 0.1) is 11.4 Å². The number of carbonyl (C=O) groups excluding carboxylic acids is 1. The van der Waals surface area contributed by atoms with Gasteiger partial charge in [0.2, 0.25) is 11.6 Å². The highest BCUT2D eigenvalue weighted by molar-refractivity contribution is 6.02. The first-order valence-electron chi connectivity index (χ1n) is 8.74. The van der Waals surface area contributed by atoms with E-state index in [0.717, 1.165) is 12.0 Å². The van der Waals surface area contributed by atoms with Gasteiger partial charge in [-0.15, -0.1) is 5.10 Å². The Bertz CT molecular complexity index is 990. The van der Waals surface area contributed by atoms with Gasteiger partial charge in [0.1, 0.15) is 5.75 Å². The Labute approximate surface area is 160 Å². The normalized spacial score (nSPS) is 11.6. The summed E-state index contributed by atoms with van der Waals surface area (Å²) in [5.41, 5.74) is 10.3. The fraction of sp³-hybridized carbons (Fsp3) is 0.294. The van der Waals surface area contributed by atoms with Crippen LogP contribution in [0.15, 0.2) is 34.0 Å². The third-order valence-electron chi connectivity index (χ3n) is 3.99. The molecule has 2 heterocycles. The smallest absolute Gasteiger partial charge is 0.293 e. The van der Waals surface area contributed by atoms with Crippen molar-refractivity contribution >= 4 is 17.4 Å². The van der Waals surface area contributed by atoms with E-state index in [0.29, 0.717) is 24.2 Å². The zero-order valence-corrected chi connectivity index (χ0v) is 15.5. The quantitative estimate of drug-likeness (QED) is 0.408. The second-order valence-corrected chi connectivity index (χ2v) is 5.92. The van der Waals surface area contributed by atoms with Crippen LogP contribution in [0, 0.1) is 0 Å². The molecule has 11 nitrogen and oxygen atoms in total. The molecule has 4 N–H and O–H groups in total. The van der Waals surface area contributed by atoms with Gasteiger partial charge in [0.25, 0.3) is 5.91 Å². The minimum atomic E-state index is -0.505. The maximum absolute atomic E-state index is 12.6. The number of hydrogen-bond donors (Lipinski definition) is 3. The van der Waals surface area contributed by atoms with Gasteiger partial charge in [0.15, 0.2) is 5.69 Å². The van der Waals surface area contributed by atoms with Crippen molar-refractivity contribution in [1.29, 1.82) is 0 Å². The molecule has 0 unspecified atom stereocenters. The molecule has 0 aliphatic rings.